The number of aromatic nitrogens is 2. The summed E-state index contributed by atoms with van der Waals surface area (Å²) >= 11 is 0. The summed E-state index contributed by atoms with van der Waals surface area (Å²) in [5, 5.41) is 9.27. The summed E-state index contributed by atoms with van der Waals surface area (Å²) in [6.45, 7) is 3.95. The molecule has 1 N–H and O–H groups in total. The Morgan fingerprint density at radius 1 is 1.63 bits per heavy atom. The van der Waals surface area contributed by atoms with Crippen molar-refractivity contribution < 1.29 is 9.84 Å². The highest BCUT2D eigenvalue weighted by molar-refractivity contribution is 5.00. The van der Waals surface area contributed by atoms with Gasteiger partial charge in [0, 0.05) is 11.9 Å². The summed E-state index contributed by atoms with van der Waals surface area (Å²) in [5.74, 6) is 0. The van der Waals surface area contributed by atoms with Gasteiger partial charge in [0.25, 0.3) is 0 Å². The van der Waals surface area contributed by atoms with E-state index in [2.05, 4.69) is 11.9 Å². The lowest BCUT2D eigenvalue weighted by atomic mass is 10.0. The minimum atomic E-state index is -0.537. The number of aryl methyl sites for hydroxylation is 1. The van der Waals surface area contributed by atoms with Crippen molar-refractivity contribution in [3.8, 4) is 0 Å². The van der Waals surface area contributed by atoms with Crippen molar-refractivity contribution >= 4 is 0 Å². The van der Waals surface area contributed by atoms with Crippen LogP contribution in [0.3, 0.4) is 0 Å². The minimum Gasteiger partial charge on any atom is -0.393 e. The molecule has 106 valence electrons. The van der Waals surface area contributed by atoms with Gasteiger partial charge in [-0.3, -0.25) is 4.57 Å². The average Bonchev–Trinajstić information content (AvgIpc) is 2.80. The molecule has 2 rings (SSSR count). The minimum absolute atomic E-state index is 0.0275. The summed E-state index contributed by atoms with van der Waals surface area (Å²) in [5.41, 5.74) is 0.0390. The van der Waals surface area contributed by atoms with Crippen molar-refractivity contribution in [2.75, 3.05) is 6.61 Å². The standard InChI is InChI=1S/C14H22N2O3/c1-3-4-5-11-7-9-16(13(18)15-11)12-6-8-14(2,10-17)19-12/h7,9,12,17H,3-6,8,10H2,1-2H3. The first-order valence-electron chi connectivity index (χ1n) is 6.95. The van der Waals surface area contributed by atoms with Gasteiger partial charge >= 0.3 is 5.69 Å². The Hall–Kier alpha value is -1.20. The van der Waals surface area contributed by atoms with Crippen molar-refractivity contribution in [3.05, 3.63) is 28.4 Å². The van der Waals surface area contributed by atoms with E-state index in [9.17, 15) is 9.90 Å². The van der Waals surface area contributed by atoms with E-state index in [1.165, 1.54) is 4.57 Å². The van der Waals surface area contributed by atoms with Gasteiger partial charge in [-0.1, -0.05) is 13.3 Å². The first kappa shape index (κ1) is 14.2. The predicted octanol–water partition coefficient (Wildman–Crippen LogP) is 1.65. The molecule has 1 aromatic rings. The van der Waals surface area contributed by atoms with E-state index in [4.69, 9.17) is 4.74 Å². The second kappa shape index (κ2) is 5.84. The molecule has 2 atom stereocenters. The average molecular weight is 266 g/mol. The predicted molar refractivity (Wildman–Crippen MR) is 72.0 cm³/mol. The zero-order valence-electron chi connectivity index (χ0n) is 11.6. The molecule has 0 amide bonds. The van der Waals surface area contributed by atoms with E-state index < -0.39 is 5.60 Å². The summed E-state index contributed by atoms with van der Waals surface area (Å²) in [4.78, 5) is 16.1. The smallest absolute Gasteiger partial charge is 0.349 e. The fourth-order valence-corrected chi connectivity index (χ4v) is 2.35. The number of hydrogen-bond acceptors (Lipinski definition) is 4. The third-order valence-electron chi connectivity index (χ3n) is 3.66. The molecule has 0 radical (unpaired) electrons. The summed E-state index contributed by atoms with van der Waals surface area (Å²) in [6.07, 6.45) is 5.90. The van der Waals surface area contributed by atoms with Crippen molar-refractivity contribution in [2.24, 2.45) is 0 Å². The van der Waals surface area contributed by atoms with E-state index in [0.717, 1.165) is 37.8 Å². The van der Waals surface area contributed by atoms with Crippen molar-refractivity contribution in [2.45, 2.75) is 57.8 Å². The number of nitrogens with zero attached hydrogens (tertiary/aromatic N) is 2. The molecular formula is C14H22N2O3. The SMILES string of the molecule is CCCCc1ccn(C2CCC(C)(CO)O2)c(=O)n1. The van der Waals surface area contributed by atoms with Crippen LogP contribution in [0.25, 0.3) is 0 Å². The monoisotopic (exact) mass is 266 g/mol. The Morgan fingerprint density at radius 3 is 3.00 bits per heavy atom. The van der Waals surface area contributed by atoms with Crippen molar-refractivity contribution in [3.63, 3.8) is 0 Å². The van der Waals surface area contributed by atoms with Crippen LogP contribution in [-0.4, -0.2) is 26.9 Å². The van der Waals surface area contributed by atoms with E-state index in [1.807, 2.05) is 13.0 Å². The van der Waals surface area contributed by atoms with Crippen LogP contribution >= 0.6 is 0 Å². The molecule has 0 aromatic carbocycles. The Kier molecular flexibility index (Phi) is 4.37. The topological polar surface area (TPSA) is 64.3 Å². The van der Waals surface area contributed by atoms with Gasteiger partial charge in [-0.25, -0.2) is 4.79 Å². The summed E-state index contributed by atoms with van der Waals surface area (Å²) in [7, 11) is 0. The maximum atomic E-state index is 12.0. The van der Waals surface area contributed by atoms with Gasteiger partial charge in [0.15, 0.2) is 0 Å². The number of unbranched alkanes of at least 4 members (excludes halogenated alkanes) is 1. The summed E-state index contributed by atoms with van der Waals surface area (Å²) < 4.78 is 7.28. The normalized spacial score (nSPS) is 26.8. The van der Waals surface area contributed by atoms with Crippen LogP contribution in [0.1, 0.15) is 51.5 Å². The van der Waals surface area contributed by atoms with E-state index in [0.29, 0.717) is 0 Å². The molecule has 19 heavy (non-hydrogen) atoms. The number of aliphatic hydroxyl groups excluding tert-OH is 1. The Labute approximate surface area is 113 Å². The maximum Gasteiger partial charge on any atom is 0.349 e. The van der Waals surface area contributed by atoms with Crippen LogP contribution in [0.2, 0.25) is 0 Å². The third kappa shape index (κ3) is 3.22. The molecule has 0 saturated carbocycles. The van der Waals surface area contributed by atoms with Gasteiger partial charge in [0.1, 0.15) is 6.23 Å². The van der Waals surface area contributed by atoms with Crippen LogP contribution < -0.4 is 5.69 Å². The first-order valence-corrected chi connectivity index (χ1v) is 6.95. The molecule has 2 heterocycles. The van der Waals surface area contributed by atoms with Crippen molar-refractivity contribution in [1.82, 2.24) is 9.55 Å². The Morgan fingerprint density at radius 2 is 2.42 bits per heavy atom. The number of aliphatic hydroxyl groups is 1. The second-order valence-electron chi connectivity index (χ2n) is 5.43. The van der Waals surface area contributed by atoms with Gasteiger partial charge in [0.2, 0.25) is 0 Å². The number of rotatable bonds is 5. The molecule has 0 bridgehead atoms. The second-order valence-corrected chi connectivity index (χ2v) is 5.43. The number of ether oxygens (including phenoxy) is 1. The van der Waals surface area contributed by atoms with E-state index >= 15 is 0 Å². The van der Waals surface area contributed by atoms with Crippen molar-refractivity contribution in [1.29, 1.82) is 0 Å². The molecule has 1 fully saturated rings. The fourth-order valence-electron chi connectivity index (χ4n) is 2.35. The zero-order valence-corrected chi connectivity index (χ0v) is 11.6. The van der Waals surface area contributed by atoms with Crippen LogP contribution in [0.15, 0.2) is 17.1 Å². The molecule has 0 spiro atoms. The quantitative estimate of drug-likeness (QED) is 0.880. The fraction of sp³-hybridized carbons (Fsp3) is 0.714. The maximum absolute atomic E-state index is 12.0. The van der Waals surface area contributed by atoms with Gasteiger partial charge in [-0.15, -0.1) is 0 Å². The van der Waals surface area contributed by atoms with Crippen LogP contribution in [0.5, 0.6) is 0 Å². The molecular weight excluding hydrogens is 244 g/mol. The molecule has 1 saturated heterocycles. The molecule has 1 aliphatic rings. The third-order valence-corrected chi connectivity index (χ3v) is 3.66. The lowest BCUT2D eigenvalue weighted by molar-refractivity contribution is -0.0881. The van der Waals surface area contributed by atoms with Gasteiger partial charge in [-0.2, -0.15) is 4.98 Å². The molecule has 0 aliphatic carbocycles. The highest BCUT2D eigenvalue weighted by Gasteiger charge is 2.36. The van der Waals surface area contributed by atoms with Gasteiger partial charge in [-0.05, 0) is 38.7 Å². The van der Waals surface area contributed by atoms with Crippen LogP contribution in [-0.2, 0) is 11.2 Å². The Bertz CT molecular complexity index is 486. The molecule has 1 aliphatic heterocycles. The van der Waals surface area contributed by atoms with E-state index in [1.54, 1.807) is 6.20 Å². The lowest BCUT2D eigenvalue weighted by Crippen LogP contribution is -2.32. The van der Waals surface area contributed by atoms with Crippen LogP contribution in [0, 0.1) is 0 Å². The Balaban J connectivity index is 2.12. The molecule has 5 heteroatoms. The largest absolute Gasteiger partial charge is 0.393 e. The highest BCUT2D eigenvalue weighted by Crippen LogP contribution is 2.34. The van der Waals surface area contributed by atoms with E-state index in [-0.39, 0.29) is 18.5 Å². The summed E-state index contributed by atoms with van der Waals surface area (Å²) in [6, 6.07) is 1.88. The number of hydrogen-bond donors (Lipinski definition) is 1. The molecule has 5 nitrogen and oxygen atoms in total. The van der Waals surface area contributed by atoms with Gasteiger partial charge in [0.05, 0.1) is 12.2 Å². The lowest BCUT2D eigenvalue weighted by Gasteiger charge is -2.22. The molecule has 2 unspecified atom stereocenters. The van der Waals surface area contributed by atoms with Crippen LogP contribution in [0.4, 0.5) is 0 Å². The van der Waals surface area contributed by atoms with Gasteiger partial charge < -0.3 is 9.84 Å². The zero-order chi connectivity index (χ0) is 13.9. The first-order chi connectivity index (χ1) is 9.08. The highest BCUT2D eigenvalue weighted by atomic mass is 16.5. The molecule has 1 aromatic heterocycles.